The molecule has 1 N–H and O–H groups in total. The van der Waals surface area contributed by atoms with Crippen LogP contribution in [0.2, 0.25) is 0 Å². The quantitative estimate of drug-likeness (QED) is 0.293. The SMILES string of the molecule is CN=C/C(C(=O)CN(C)C(=S)c1ccccc1)=C(/O)CN(C)C(=S)c1ccccc1. The number of aliphatic hydroxyl groups is 1. The van der Waals surface area contributed by atoms with Gasteiger partial charge < -0.3 is 14.9 Å². The summed E-state index contributed by atoms with van der Waals surface area (Å²) in [6.45, 7) is 0.111. The van der Waals surface area contributed by atoms with Gasteiger partial charge in [-0.15, -0.1) is 0 Å². The van der Waals surface area contributed by atoms with E-state index in [0.29, 0.717) is 9.98 Å². The predicted octanol–water partition coefficient (Wildman–Crippen LogP) is 3.68. The largest absolute Gasteiger partial charge is 0.510 e. The fourth-order valence-electron chi connectivity index (χ4n) is 2.79. The maximum atomic E-state index is 12.9. The lowest BCUT2D eigenvalue weighted by atomic mass is 10.1. The Balaban J connectivity index is 2.13. The summed E-state index contributed by atoms with van der Waals surface area (Å²) in [5.41, 5.74) is 1.87. The van der Waals surface area contributed by atoms with Gasteiger partial charge in [0.25, 0.3) is 0 Å². The number of hydrogen-bond donors (Lipinski definition) is 1. The molecular weight excluding hydrogens is 414 g/mol. The third kappa shape index (κ3) is 6.30. The van der Waals surface area contributed by atoms with E-state index in [1.807, 2.05) is 60.7 Å². The van der Waals surface area contributed by atoms with Gasteiger partial charge in [0.2, 0.25) is 0 Å². The van der Waals surface area contributed by atoms with Gasteiger partial charge in [-0.05, 0) is 0 Å². The van der Waals surface area contributed by atoms with E-state index in [-0.39, 0.29) is 30.2 Å². The lowest BCUT2D eigenvalue weighted by Crippen LogP contribution is -2.34. The van der Waals surface area contributed by atoms with Crippen molar-refractivity contribution in [3.8, 4) is 0 Å². The Labute approximate surface area is 188 Å². The minimum absolute atomic E-state index is 0.0198. The Morgan fingerprint density at radius 1 is 0.900 bits per heavy atom. The van der Waals surface area contributed by atoms with Crippen LogP contribution in [0.25, 0.3) is 0 Å². The molecule has 0 aliphatic carbocycles. The van der Waals surface area contributed by atoms with E-state index in [1.165, 1.54) is 6.21 Å². The normalized spacial score (nSPS) is 11.7. The number of nitrogens with zero attached hydrogens (tertiary/aromatic N) is 3. The number of likely N-dealkylation sites (N-methyl/N-ethyl adjacent to an activating group) is 2. The smallest absolute Gasteiger partial charge is 0.187 e. The third-order valence-electron chi connectivity index (χ3n) is 4.37. The zero-order chi connectivity index (χ0) is 22.1. The van der Waals surface area contributed by atoms with Gasteiger partial charge >= 0.3 is 0 Å². The number of ketones is 1. The molecule has 0 heterocycles. The number of thiocarbonyl (C=S) groups is 2. The molecule has 0 aliphatic heterocycles. The van der Waals surface area contributed by atoms with E-state index in [4.69, 9.17) is 24.4 Å². The van der Waals surface area contributed by atoms with Gasteiger partial charge in [0.15, 0.2) is 5.78 Å². The fourth-order valence-corrected chi connectivity index (χ4v) is 3.19. The first-order valence-corrected chi connectivity index (χ1v) is 10.1. The number of rotatable bonds is 8. The molecule has 7 heteroatoms. The molecule has 0 aliphatic rings. The van der Waals surface area contributed by atoms with Crippen LogP contribution >= 0.6 is 24.4 Å². The maximum absolute atomic E-state index is 12.9. The van der Waals surface area contributed by atoms with Crippen LogP contribution in [0.1, 0.15) is 11.1 Å². The van der Waals surface area contributed by atoms with Crippen molar-refractivity contribution >= 4 is 46.4 Å². The second-order valence-corrected chi connectivity index (χ2v) is 7.50. The molecule has 30 heavy (non-hydrogen) atoms. The highest BCUT2D eigenvalue weighted by molar-refractivity contribution is 7.80. The van der Waals surface area contributed by atoms with Crippen molar-refractivity contribution in [1.29, 1.82) is 0 Å². The average molecular weight is 440 g/mol. The second-order valence-electron chi connectivity index (χ2n) is 6.73. The highest BCUT2D eigenvalue weighted by Crippen LogP contribution is 2.11. The Bertz CT molecular complexity index is 957. The Morgan fingerprint density at radius 3 is 1.77 bits per heavy atom. The molecule has 2 rings (SSSR count). The summed E-state index contributed by atoms with van der Waals surface area (Å²) in [5, 5.41) is 10.7. The van der Waals surface area contributed by atoms with Gasteiger partial charge in [0.05, 0.1) is 18.7 Å². The van der Waals surface area contributed by atoms with E-state index in [9.17, 15) is 9.90 Å². The topological polar surface area (TPSA) is 56.1 Å². The van der Waals surface area contributed by atoms with Crippen LogP contribution in [-0.2, 0) is 4.79 Å². The van der Waals surface area contributed by atoms with Gasteiger partial charge in [-0.3, -0.25) is 9.79 Å². The van der Waals surface area contributed by atoms with E-state index in [2.05, 4.69) is 4.99 Å². The van der Waals surface area contributed by atoms with Crippen LogP contribution in [0.3, 0.4) is 0 Å². The number of Topliss-reactive ketones (excluding diaryl/α,β-unsaturated/α-hetero) is 1. The number of carbonyl (C=O) groups is 1. The van der Waals surface area contributed by atoms with Crippen molar-refractivity contribution < 1.29 is 9.90 Å². The molecule has 0 fully saturated rings. The number of carbonyl (C=O) groups excluding carboxylic acids is 1. The van der Waals surface area contributed by atoms with Crippen molar-refractivity contribution in [2.24, 2.45) is 4.99 Å². The van der Waals surface area contributed by atoms with Gasteiger partial charge in [-0.25, -0.2) is 0 Å². The Kier molecular flexibility index (Phi) is 8.83. The monoisotopic (exact) mass is 439 g/mol. The summed E-state index contributed by atoms with van der Waals surface area (Å²) in [6.07, 6.45) is 1.37. The first kappa shape index (κ1) is 23.4. The van der Waals surface area contributed by atoms with E-state index in [1.54, 1.807) is 30.9 Å². The molecule has 0 saturated heterocycles. The molecule has 0 amide bonds. The van der Waals surface area contributed by atoms with Crippen LogP contribution in [0.15, 0.2) is 77.0 Å². The summed E-state index contributed by atoms with van der Waals surface area (Å²) in [5.74, 6) is -0.372. The first-order valence-electron chi connectivity index (χ1n) is 9.33. The van der Waals surface area contributed by atoms with Gasteiger partial charge in [-0.2, -0.15) is 0 Å². The zero-order valence-electron chi connectivity index (χ0n) is 17.3. The second kappa shape index (κ2) is 11.3. The molecule has 0 unspecified atom stereocenters. The average Bonchev–Trinajstić information content (AvgIpc) is 2.77. The summed E-state index contributed by atoms with van der Waals surface area (Å²) >= 11 is 11.0. The van der Waals surface area contributed by atoms with Crippen LogP contribution < -0.4 is 0 Å². The van der Waals surface area contributed by atoms with Crippen molar-refractivity contribution in [1.82, 2.24) is 9.80 Å². The first-order chi connectivity index (χ1) is 14.3. The van der Waals surface area contributed by atoms with E-state index < -0.39 is 0 Å². The Hall–Kier alpha value is -2.90. The molecule has 0 saturated carbocycles. The number of hydrogen-bond acceptors (Lipinski definition) is 5. The van der Waals surface area contributed by atoms with Crippen molar-refractivity contribution in [2.45, 2.75) is 0 Å². The summed E-state index contributed by atoms with van der Waals surface area (Å²) in [7, 11) is 5.08. The molecule has 2 aromatic rings. The fraction of sp³-hybridized carbons (Fsp3) is 0.217. The van der Waals surface area contributed by atoms with E-state index >= 15 is 0 Å². The van der Waals surface area contributed by atoms with Crippen molar-refractivity contribution in [3.63, 3.8) is 0 Å². The van der Waals surface area contributed by atoms with Crippen LogP contribution in [-0.4, -0.2) is 71.1 Å². The molecule has 5 nitrogen and oxygen atoms in total. The zero-order valence-corrected chi connectivity index (χ0v) is 18.9. The number of benzene rings is 2. The molecule has 0 radical (unpaired) electrons. The summed E-state index contributed by atoms with van der Waals surface area (Å²) in [4.78, 5) is 21.3. The molecule has 0 aromatic heterocycles. The molecule has 156 valence electrons. The summed E-state index contributed by atoms with van der Waals surface area (Å²) in [6, 6.07) is 19.0. The molecule has 0 bridgehead atoms. The lowest BCUT2D eigenvalue weighted by Gasteiger charge is -2.22. The molecule has 0 atom stereocenters. The number of aliphatic hydroxyl groups excluding tert-OH is 1. The van der Waals surface area contributed by atoms with Gasteiger partial charge in [-0.1, -0.05) is 85.1 Å². The molecule has 0 spiro atoms. The van der Waals surface area contributed by atoms with Crippen molar-refractivity contribution in [2.75, 3.05) is 34.2 Å². The predicted molar refractivity (Wildman–Crippen MR) is 131 cm³/mol. The van der Waals surface area contributed by atoms with Gasteiger partial charge in [0.1, 0.15) is 15.7 Å². The van der Waals surface area contributed by atoms with Crippen LogP contribution in [0, 0.1) is 0 Å². The summed E-state index contributed by atoms with van der Waals surface area (Å²) < 4.78 is 0. The van der Waals surface area contributed by atoms with Crippen LogP contribution in [0.5, 0.6) is 0 Å². The minimum Gasteiger partial charge on any atom is -0.510 e. The Morgan fingerprint density at radius 2 is 1.33 bits per heavy atom. The number of aliphatic imine (C=N–C) groups is 1. The molecular formula is C23H25N3O2S2. The van der Waals surface area contributed by atoms with Crippen LogP contribution in [0.4, 0.5) is 0 Å². The highest BCUT2D eigenvalue weighted by atomic mass is 32.1. The lowest BCUT2D eigenvalue weighted by molar-refractivity contribution is -0.115. The molecule has 2 aromatic carbocycles. The maximum Gasteiger partial charge on any atom is 0.187 e. The highest BCUT2D eigenvalue weighted by Gasteiger charge is 2.19. The standard InChI is InChI=1S/C23H25N3O2S2/c1-24-14-19(20(27)15-25(2)22(29)17-10-6-4-7-11-17)21(28)16-26(3)23(30)18-12-8-5-9-13-18/h4-14,27H,15-16H2,1-3H3/b20-19-,24-14?. The third-order valence-corrected chi connectivity index (χ3v) is 5.47. The van der Waals surface area contributed by atoms with Gasteiger partial charge in [0, 0.05) is 38.5 Å². The van der Waals surface area contributed by atoms with Crippen molar-refractivity contribution in [3.05, 3.63) is 83.1 Å². The van der Waals surface area contributed by atoms with E-state index in [0.717, 1.165) is 11.1 Å². The minimum atomic E-state index is -0.280.